The maximum Gasteiger partial charge on any atom is 0.234 e. The molecule has 3 heteroatoms. The van der Waals surface area contributed by atoms with Gasteiger partial charge >= 0.3 is 0 Å². The number of nitrogens with zero attached hydrogens (tertiary/aromatic N) is 1. The summed E-state index contributed by atoms with van der Waals surface area (Å²) in [7, 11) is 2.00. The van der Waals surface area contributed by atoms with Crippen LogP contribution in [0.15, 0.2) is 0 Å². The van der Waals surface area contributed by atoms with Gasteiger partial charge in [0.15, 0.2) is 0 Å². The van der Waals surface area contributed by atoms with Crippen molar-refractivity contribution >= 4 is 5.91 Å². The third-order valence-corrected chi connectivity index (χ3v) is 2.24. The van der Waals surface area contributed by atoms with Crippen LogP contribution in [0.3, 0.4) is 0 Å². The van der Waals surface area contributed by atoms with E-state index in [1.807, 2.05) is 7.05 Å². The van der Waals surface area contributed by atoms with Gasteiger partial charge in [0, 0.05) is 12.6 Å². The van der Waals surface area contributed by atoms with Crippen molar-refractivity contribution in [3.63, 3.8) is 0 Å². The van der Waals surface area contributed by atoms with Gasteiger partial charge in [-0.05, 0) is 13.0 Å². The number of carbonyl (C=O) groups excluding carboxylic acids is 1. The molecule has 0 aromatic heterocycles. The maximum atomic E-state index is 10.9. The average Bonchev–Trinajstić information content (AvgIpc) is 1.85. The molecule has 1 N–H and O–H groups in total. The van der Waals surface area contributed by atoms with Crippen molar-refractivity contribution in [3.8, 4) is 0 Å². The van der Waals surface area contributed by atoms with Gasteiger partial charge in [0.2, 0.25) is 5.91 Å². The lowest BCUT2D eigenvalue weighted by molar-refractivity contribution is -0.125. The molecule has 0 aromatic rings. The van der Waals surface area contributed by atoms with Crippen LogP contribution in [0.1, 0.15) is 13.8 Å². The number of nitrogens with one attached hydrogen (secondary N) is 1. The van der Waals surface area contributed by atoms with Gasteiger partial charge in [-0.15, -0.1) is 0 Å². The molecule has 1 aliphatic heterocycles. The lowest BCUT2D eigenvalue weighted by Crippen LogP contribution is -2.54. The molecular weight excluding hydrogens is 140 g/mol. The van der Waals surface area contributed by atoms with E-state index in [2.05, 4.69) is 24.1 Å². The zero-order valence-electron chi connectivity index (χ0n) is 7.42. The number of likely N-dealkylation sites (N-methyl/N-ethyl adjacent to an activating group) is 1. The van der Waals surface area contributed by atoms with Crippen molar-refractivity contribution in [3.05, 3.63) is 0 Å². The van der Waals surface area contributed by atoms with Crippen LogP contribution in [0, 0.1) is 5.92 Å². The van der Waals surface area contributed by atoms with Crippen LogP contribution in [-0.2, 0) is 4.79 Å². The number of amides is 1. The predicted octanol–water partition coefficient (Wildman–Crippen LogP) is 0.0726. The number of hydrogen-bond donors (Lipinski definition) is 1. The lowest BCUT2D eigenvalue weighted by atomic mass is 10.0. The van der Waals surface area contributed by atoms with Crippen molar-refractivity contribution < 1.29 is 4.79 Å². The number of hydrogen-bond acceptors (Lipinski definition) is 2. The van der Waals surface area contributed by atoms with Crippen molar-refractivity contribution in [1.29, 1.82) is 0 Å². The molecule has 3 nitrogen and oxygen atoms in total. The first-order chi connectivity index (χ1) is 5.11. The van der Waals surface area contributed by atoms with Crippen LogP contribution in [0.2, 0.25) is 0 Å². The molecular formula is C8H16N2O. The van der Waals surface area contributed by atoms with Gasteiger partial charge in [-0.2, -0.15) is 0 Å². The zero-order valence-corrected chi connectivity index (χ0v) is 7.42. The minimum atomic E-state index is 0.143. The monoisotopic (exact) mass is 156 g/mol. The minimum Gasteiger partial charge on any atom is -0.353 e. The molecule has 1 atom stereocenters. The molecule has 1 aliphatic rings. The first-order valence-electron chi connectivity index (χ1n) is 4.08. The Balaban J connectivity index is 2.50. The third-order valence-electron chi connectivity index (χ3n) is 2.24. The molecule has 0 aliphatic carbocycles. The van der Waals surface area contributed by atoms with Crippen molar-refractivity contribution in [1.82, 2.24) is 10.2 Å². The molecule has 0 bridgehead atoms. The van der Waals surface area contributed by atoms with Gasteiger partial charge in [-0.25, -0.2) is 0 Å². The smallest absolute Gasteiger partial charge is 0.234 e. The van der Waals surface area contributed by atoms with Gasteiger partial charge in [-0.1, -0.05) is 13.8 Å². The van der Waals surface area contributed by atoms with E-state index in [1.54, 1.807) is 0 Å². The summed E-state index contributed by atoms with van der Waals surface area (Å²) in [6.45, 7) is 5.70. The molecule has 64 valence electrons. The largest absolute Gasteiger partial charge is 0.353 e. The maximum absolute atomic E-state index is 10.9. The van der Waals surface area contributed by atoms with E-state index in [-0.39, 0.29) is 5.91 Å². The van der Waals surface area contributed by atoms with E-state index in [9.17, 15) is 4.79 Å². The fourth-order valence-electron chi connectivity index (χ4n) is 1.52. The van der Waals surface area contributed by atoms with Crippen LogP contribution in [0.5, 0.6) is 0 Å². The van der Waals surface area contributed by atoms with E-state index in [0.717, 1.165) is 6.54 Å². The molecule has 1 rings (SSSR count). The molecule has 1 unspecified atom stereocenters. The molecule has 0 spiro atoms. The molecule has 1 fully saturated rings. The third kappa shape index (κ3) is 1.93. The second-order valence-corrected chi connectivity index (χ2v) is 3.53. The number of rotatable bonds is 1. The number of carbonyl (C=O) groups is 1. The van der Waals surface area contributed by atoms with Crippen LogP contribution >= 0.6 is 0 Å². The van der Waals surface area contributed by atoms with Crippen LogP contribution in [-0.4, -0.2) is 37.0 Å². The Morgan fingerprint density at radius 2 is 2.27 bits per heavy atom. The topological polar surface area (TPSA) is 32.3 Å². The van der Waals surface area contributed by atoms with Crippen molar-refractivity contribution in [2.24, 2.45) is 5.92 Å². The summed E-state index contributed by atoms with van der Waals surface area (Å²) in [5.41, 5.74) is 0. The SMILES string of the molecule is CC(C)C1CNC(=O)CN1C. The highest BCUT2D eigenvalue weighted by Crippen LogP contribution is 2.10. The average molecular weight is 156 g/mol. The van der Waals surface area contributed by atoms with E-state index in [0.29, 0.717) is 18.5 Å². The van der Waals surface area contributed by atoms with E-state index < -0.39 is 0 Å². The molecule has 1 amide bonds. The first-order valence-corrected chi connectivity index (χ1v) is 4.08. The Hall–Kier alpha value is -0.570. The standard InChI is InChI=1S/C8H16N2O/c1-6(2)7-4-9-8(11)5-10(7)3/h6-7H,4-5H2,1-3H3,(H,9,11). The summed E-state index contributed by atoms with van der Waals surface area (Å²) in [5.74, 6) is 0.755. The Labute approximate surface area is 67.8 Å². The minimum absolute atomic E-state index is 0.143. The summed E-state index contributed by atoms with van der Waals surface area (Å²) in [4.78, 5) is 13.0. The highest BCUT2D eigenvalue weighted by molar-refractivity contribution is 5.78. The number of piperazine rings is 1. The lowest BCUT2D eigenvalue weighted by Gasteiger charge is -2.34. The second-order valence-electron chi connectivity index (χ2n) is 3.53. The predicted molar refractivity (Wildman–Crippen MR) is 44.3 cm³/mol. The van der Waals surface area contributed by atoms with E-state index in [1.165, 1.54) is 0 Å². The Morgan fingerprint density at radius 3 is 2.73 bits per heavy atom. The van der Waals surface area contributed by atoms with Gasteiger partial charge < -0.3 is 5.32 Å². The molecule has 0 aromatic carbocycles. The van der Waals surface area contributed by atoms with Crippen molar-refractivity contribution in [2.75, 3.05) is 20.1 Å². The fourth-order valence-corrected chi connectivity index (χ4v) is 1.52. The Kier molecular flexibility index (Phi) is 2.49. The molecule has 0 radical (unpaired) electrons. The molecule has 11 heavy (non-hydrogen) atoms. The van der Waals surface area contributed by atoms with E-state index >= 15 is 0 Å². The quantitative estimate of drug-likeness (QED) is 0.583. The molecule has 1 heterocycles. The summed E-state index contributed by atoms with van der Waals surface area (Å²) >= 11 is 0. The summed E-state index contributed by atoms with van der Waals surface area (Å²) in [6, 6.07) is 0.507. The normalized spacial score (nSPS) is 27.3. The van der Waals surface area contributed by atoms with Gasteiger partial charge in [-0.3, -0.25) is 9.69 Å². The van der Waals surface area contributed by atoms with Gasteiger partial charge in [0.05, 0.1) is 6.54 Å². The summed E-state index contributed by atoms with van der Waals surface area (Å²) in [6.07, 6.45) is 0. The second kappa shape index (κ2) is 3.22. The van der Waals surface area contributed by atoms with Crippen LogP contribution in [0.4, 0.5) is 0 Å². The van der Waals surface area contributed by atoms with E-state index in [4.69, 9.17) is 0 Å². The highest BCUT2D eigenvalue weighted by atomic mass is 16.2. The molecule has 0 saturated carbocycles. The zero-order chi connectivity index (χ0) is 8.43. The van der Waals surface area contributed by atoms with Gasteiger partial charge in [0.25, 0.3) is 0 Å². The van der Waals surface area contributed by atoms with Crippen molar-refractivity contribution in [2.45, 2.75) is 19.9 Å². The Morgan fingerprint density at radius 1 is 1.64 bits per heavy atom. The first kappa shape index (κ1) is 8.53. The fraction of sp³-hybridized carbons (Fsp3) is 0.875. The molecule has 1 saturated heterocycles. The summed E-state index contributed by atoms with van der Waals surface area (Å²) < 4.78 is 0. The Bertz CT molecular complexity index is 156. The summed E-state index contributed by atoms with van der Waals surface area (Å²) in [5, 5.41) is 2.86. The highest BCUT2D eigenvalue weighted by Gasteiger charge is 2.25. The van der Waals surface area contributed by atoms with Gasteiger partial charge in [0.1, 0.15) is 0 Å². The van der Waals surface area contributed by atoms with Crippen LogP contribution < -0.4 is 5.32 Å². The van der Waals surface area contributed by atoms with Crippen LogP contribution in [0.25, 0.3) is 0 Å².